The topological polar surface area (TPSA) is 30.3 Å². The molecule has 0 bridgehead atoms. The van der Waals surface area contributed by atoms with Crippen LogP contribution in [0.3, 0.4) is 0 Å². The maximum atomic E-state index is 6.11. The number of imidazole rings is 1. The number of rotatable bonds is 8. The predicted molar refractivity (Wildman–Crippen MR) is 108 cm³/mol. The van der Waals surface area contributed by atoms with E-state index in [0.717, 1.165) is 48.8 Å². The summed E-state index contributed by atoms with van der Waals surface area (Å²) in [6.45, 7) is 13.2. The van der Waals surface area contributed by atoms with Gasteiger partial charge in [0.25, 0.3) is 0 Å². The highest BCUT2D eigenvalue weighted by Crippen LogP contribution is 2.22. The van der Waals surface area contributed by atoms with Gasteiger partial charge < -0.3 is 14.2 Å². The molecule has 3 rings (SSSR count). The van der Waals surface area contributed by atoms with E-state index in [0.29, 0.717) is 6.61 Å². The van der Waals surface area contributed by atoms with Crippen LogP contribution in [0.15, 0.2) is 42.5 Å². The van der Waals surface area contributed by atoms with Crippen molar-refractivity contribution in [3.8, 4) is 5.75 Å². The van der Waals surface area contributed by atoms with Crippen LogP contribution in [0.5, 0.6) is 5.75 Å². The minimum atomic E-state index is 0.483. The zero-order valence-electron chi connectivity index (χ0n) is 16.3. The number of hydrogen-bond donors (Lipinski definition) is 0. The minimum absolute atomic E-state index is 0.483. The second-order valence-corrected chi connectivity index (χ2v) is 6.75. The standard InChI is InChI=1S/C22H29N3O/c1-5-24(6-2)13-14-25-20-10-8-7-9-19(20)23-22(25)16-26-21-12-11-17(3)15-18(21)4/h7-12,15H,5-6,13-14,16H2,1-4H3. The summed E-state index contributed by atoms with van der Waals surface area (Å²) < 4.78 is 8.41. The number of para-hydroxylation sites is 2. The molecule has 0 N–H and O–H groups in total. The number of nitrogens with zero attached hydrogens (tertiary/aromatic N) is 3. The number of aromatic nitrogens is 2. The molecule has 2 aromatic carbocycles. The van der Waals surface area contributed by atoms with Crippen LogP contribution in [0.4, 0.5) is 0 Å². The molecule has 0 aliphatic rings. The van der Waals surface area contributed by atoms with Crippen molar-refractivity contribution < 1.29 is 4.74 Å². The average Bonchev–Trinajstić information content (AvgIpc) is 2.99. The van der Waals surface area contributed by atoms with Crippen molar-refractivity contribution in [3.05, 3.63) is 59.4 Å². The SMILES string of the molecule is CCN(CC)CCn1c(COc2ccc(C)cc2C)nc2ccccc21. The first-order valence-electron chi connectivity index (χ1n) is 9.49. The molecule has 0 saturated carbocycles. The summed E-state index contributed by atoms with van der Waals surface area (Å²) in [5.74, 6) is 1.91. The predicted octanol–water partition coefficient (Wildman–Crippen LogP) is 4.57. The average molecular weight is 351 g/mol. The Balaban J connectivity index is 1.83. The van der Waals surface area contributed by atoms with Crippen LogP contribution < -0.4 is 4.74 Å². The molecule has 0 fully saturated rings. The van der Waals surface area contributed by atoms with E-state index in [1.165, 1.54) is 11.1 Å². The van der Waals surface area contributed by atoms with Crippen molar-refractivity contribution >= 4 is 11.0 Å². The lowest BCUT2D eigenvalue weighted by Gasteiger charge is -2.19. The Morgan fingerprint density at radius 1 is 1.04 bits per heavy atom. The Bertz CT molecular complexity index is 865. The van der Waals surface area contributed by atoms with Gasteiger partial charge in [-0.3, -0.25) is 0 Å². The van der Waals surface area contributed by atoms with Crippen molar-refractivity contribution in [2.24, 2.45) is 0 Å². The molecule has 0 aliphatic heterocycles. The van der Waals surface area contributed by atoms with Crippen LogP contribution >= 0.6 is 0 Å². The lowest BCUT2D eigenvalue weighted by atomic mass is 10.1. The highest BCUT2D eigenvalue weighted by Gasteiger charge is 2.12. The van der Waals surface area contributed by atoms with Gasteiger partial charge >= 0.3 is 0 Å². The molecule has 3 aromatic rings. The van der Waals surface area contributed by atoms with Gasteiger partial charge in [-0.1, -0.05) is 43.7 Å². The summed E-state index contributed by atoms with van der Waals surface area (Å²) in [5, 5.41) is 0. The molecule has 4 nitrogen and oxygen atoms in total. The molecule has 1 heterocycles. The second-order valence-electron chi connectivity index (χ2n) is 6.75. The molecule has 1 aromatic heterocycles. The van der Waals surface area contributed by atoms with E-state index in [1.807, 2.05) is 12.1 Å². The third-order valence-corrected chi connectivity index (χ3v) is 4.96. The Kier molecular flexibility index (Phi) is 5.94. The molecule has 4 heteroatoms. The van der Waals surface area contributed by atoms with E-state index in [-0.39, 0.29) is 0 Å². The monoisotopic (exact) mass is 351 g/mol. The molecule has 0 amide bonds. The van der Waals surface area contributed by atoms with Crippen molar-refractivity contribution in [1.29, 1.82) is 0 Å². The Hall–Kier alpha value is -2.33. The number of likely N-dealkylation sites (N-methyl/N-ethyl adjacent to an activating group) is 1. The molecule has 0 atom stereocenters. The zero-order valence-corrected chi connectivity index (χ0v) is 16.3. The third kappa shape index (κ3) is 4.07. The van der Waals surface area contributed by atoms with Crippen LogP contribution in [0.1, 0.15) is 30.8 Å². The Morgan fingerprint density at radius 3 is 2.54 bits per heavy atom. The van der Waals surface area contributed by atoms with Crippen molar-refractivity contribution in [2.75, 3.05) is 19.6 Å². The van der Waals surface area contributed by atoms with Gasteiger partial charge in [-0.15, -0.1) is 0 Å². The first-order chi connectivity index (χ1) is 12.6. The van der Waals surface area contributed by atoms with E-state index < -0.39 is 0 Å². The number of hydrogen-bond acceptors (Lipinski definition) is 3. The maximum Gasteiger partial charge on any atom is 0.148 e. The van der Waals surface area contributed by atoms with Crippen LogP contribution in [0.2, 0.25) is 0 Å². The van der Waals surface area contributed by atoms with Crippen molar-refractivity contribution in [1.82, 2.24) is 14.5 Å². The van der Waals surface area contributed by atoms with Gasteiger partial charge in [0.05, 0.1) is 11.0 Å². The van der Waals surface area contributed by atoms with Gasteiger partial charge in [-0.05, 0) is 50.7 Å². The lowest BCUT2D eigenvalue weighted by Crippen LogP contribution is -2.27. The highest BCUT2D eigenvalue weighted by molar-refractivity contribution is 5.75. The van der Waals surface area contributed by atoms with Crippen LogP contribution in [-0.2, 0) is 13.2 Å². The fourth-order valence-corrected chi connectivity index (χ4v) is 3.37. The molecular formula is C22H29N3O. The Morgan fingerprint density at radius 2 is 1.81 bits per heavy atom. The van der Waals surface area contributed by atoms with Crippen LogP contribution in [-0.4, -0.2) is 34.1 Å². The third-order valence-electron chi connectivity index (χ3n) is 4.96. The van der Waals surface area contributed by atoms with Crippen molar-refractivity contribution in [3.63, 3.8) is 0 Å². The minimum Gasteiger partial charge on any atom is -0.485 e. The summed E-state index contributed by atoms with van der Waals surface area (Å²) in [4.78, 5) is 7.26. The molecule has 0 unspecified atom stereocenters. The van der Waals surface area contributed by atoms with Gasteiger partial charge in [0, 0.05) is 13.1 Å². The molecular weight excluding hydrogens is 322 g/mol. The fourth-order valence-electron chi connectivity index (χ4n) is 3.37. The van der Waals surface area contributed by atoms with Gasteiger partial charge in [0.1, 0.15) is 18.2 Å². The van der Waals surface area contributed by atoms with Gasteiger partial charge in [-0.2, -0.15) is 0 Å². The van der Waals surface area contributed by atoms with E-state index >= 15 is 0 Å². The summed E-state index contributed by atoms with van der Waals surface area (Å²) in [7, 11) is 0. The van der Waals surface area contributed by atoms with Crippen molar-refractivity contribution in [2.45, 2.75) is 40.8 Å². The first kappa shape index (κ1) is 18.5. The fraction of sp³-hybridized carbons (Fsp3) is 0.409. The van der Waals surface area contributed by atoms with Gasteiger partial charge in [0.2, 0.25) is 0 Å². The zero-order chi connectivity index (χ0) is 18.5. The van der Waals surface area contributed by atoms with Crippen LogP contribution in [0.25, 0.3) is 11.0 Å². The lowest BCUT2D eigenvalue weighted by molar-refractivity contribution is 0.270. The summed E-state index contributed by atoms with van der Waals surface area (Å²) in [6.07, 6.45) is 0. The molecule has 26 heavy (non-hydrogen) atoms. The van der Waals surface area contributed by atoms with Gasteiger partial charge in [0.15, 0.2) is 0 Å². The smallest absolute Gasteiger partial charge is 0.148 e. The van der Waals surface area contributed by atoms with Gasteiger partial charge in [-0.25, -0.2) is 4.98 Å². The molecule has 138 valence electrons. The number of fused-ring (bicyclic) bond motifs is 1. The summed E-state index contributed by atoms with van der Waals surface area (Å²) in [5.41, 5.74) is 4.63. The van der Waals surface area contributed by atoms with E-state index in [1.54, 1.807) is 0 Å². The first-order valence-corrected chi connectivity index (χ1v) is 9.49. The number of aryl methyl sites for hydroxylation is 2. The summed E-state index contributed by atoms with van der Waals surface area (Å²) in [6, 6.07) is 14.6. The highest BCUT2D eigenvalue weighted by atomic mass is 16.5. The molecule has 0 spiro atoms. The quantitative estimate of drug-likeness (QED) is 0.595. The van der Waals surface area contributed by atoms with E-state index in [4.69, 9.17) is 9.72 Å². The second kappa shape index (κ2) is 8.37. The van der Waals surface area contributed by atoms with E-state index in [2.05, 4.69) is 67.5 Å². The van der Waals surface area contributed by atoms with Crippen LogP contribution in [0, 0.1) is 13.8 Å². The Labute approximate surface area is 156 Å². The largest absolute Gasteiger partial charge is 0.485 e. The molecule has 0 aliphatic carbocycles. The number of benzene rings is 2. The number of ether oxygens (including phenoxy) is 1. The summed E-state index contributed by atoms with van der Waals surface area (Å²) >= 11 is 0. The normalized spacial score (nSPS) is 11.4. The molecule has 0 saturated heterocycles. The van der Waals surface area contributed by atoms with E-state index in [9.17, 15) is 0 Å². The molecule has 0 radical (unpaired) electrons. The maximum absolute atomic E-state index is 6.11.